The number of aliphatic hydroxyl groups is 1. The van der Waals surface area contributed by atoms with E-state index < -0.39 is 0 Å². The van der Waals surface area contributed by atoms with E-state index in [9.17, 15) is 0 Å². The lowest BCUT2D eigenvalue weighted by molar-refractivity contribution is -0.130. The number of aliphatic hydroxyl groups excluding tert-OH is 1. The summed E-state index contributed by atoms with van der Waals surface area (Å²) in [6.45, 7) is 3.41. The third-order valence-electron chi connectivity index (χ3n) is 6.00. The molecule has 4 nitrogen and oxygen atoms in total. The molecule has 26 heavy (non-hydrogen) atoms. The number of benzene rings is 1. The van der Waals surface area contributed by atoms with Crippen LogP contribution in [-0.4, -0.2) is 44.2 Å². The minimum absolute atomic E-state index is 0.280. The van der Waals surface area contributed by atoms with E-state index in [4.69, 9.17) is 20.3 Å². The first-order valence-electron chi connectivity index (χ1n) is 10.4. The van der Waals surface area contributed by atoms with Gasteiger partial charge in [-0.2, -0.15) is 0 Å². The number of hydrogen-bond donors (Lipinski definition) is 2. The van der Waals surface area contributed by atoms with Crippen molar-refractivity contribution in [1.82, 2.24) is 0 Å². The summed E-state index contributed by atoms with van der Waals surface area (Å²) in [5.41, 5.74) is 10.5. The molecule has 0 spiro atoms. The SMILES string of the molecule is NC[C@H](CCCCO)c1ccc2c(c1)CC[C@@H](CCCOC1COC1)C2. The smallest absolute Gasteiger partial charge is 0.104 e. The van der Waals surface area contributed by atoms with Gasteiger partial charge in [0.05, 0.1) is 13.2 Å². The second-order valence-corrected chi connectivity index (χ2v) is 7.96. The molecule has 1 saturated heterocycles. The van der Waals surface area contributed by atoms with Crippen LogP contribution >= 0.6 is 0 Å². The molecule has 3 N–H and O–H groups in total. The van der Waals surface area contributed by atoms with Gasteiger partial charge in [-0.3, -0.25) is 0 Å². The Morgan fingerprint density at radius 1 is 1.19 bits per heavy atom. The molecule has 4 heteroatoms. The van der Waals surface area contributed by atoms with Crippen LogP contribution in [0.3, 0.4) is 0 Å². The average molecular weight is 362 g/mol. The molecule has 0 radical (unpaired) electrons. The van der Waals surface area contributed by atoms with E-state index in [2.05, 4.69) is 18.2 Å². The second kappa shape index (κ2) is 10.4. The number of ether oxygens (including phenoxy) is 2. The summed E-state index contributed by atoms with van der Waals surface area (Å²) in [4.78, 5) is 0. The van der Waals surface area contributed by atoms with E-state index in [-0.39, 0.29) is 6.61 Å². The predicted molar refractivity (Wildman–Crippen MR) is 104 cm³/mol. The molecule has 1 fully saturated rings. The van der Waals surface area contributed by atoms with Crippen molar-refractivity contribution in [2.24, 2.45) is 11.7 Å². The molecular weight excluding hydrogens is 326 g/mol. The van der Waals surface area contributed by atoms with Gasteiger partial charge in [0, 0.05) is 13.2 Å². The second-order valence-electron chi connectivity index (χ2n) is 7.96. The fourth-order valence-electron chi connectivity index (χ4n) is 4.21. The molecule has 146 valence electrons. The zero-order valence-electron chi connectivity index (χ0n) is 16.0. The van der Waals surface area contributed by atoms with E-state index >= 15 is 0 Å². The number of fused-ring (bicyclic) bond motifs is 1. The molecule has 0 saturated carbocycles. The van der Waals surface area contributed by atoms with Crippen LogP contribution in [0.15, 0.2) is 18.2 Å². The lowest BCUT2D eigenvalue weighted by atomic mass is 9.80. The van der Waals surface area contributed by atoms with E-state index in [1.54, 1.807) is 0 Å². The Kier molecular flexibility index (Phi) is 7.93. The van der Waals surface area contributed by atoms with Gasteiger partial charge in [0.15, 0.2) is 0 Å². The maximum atomic E-state index is 8.98. The summed E-state index contributed by atoms with van der Waals surface area (Å²) >= 11 is 0. The summed E-state index contributed by atoms with van der Waals surface area (Å²) in [5, 5.41) is 8.98. The van der Waals surface area contributed by atoms with Crippen molar-refractivity contribution in [2.45, 2.75) is 63.4 Å². The number of unbranched alkanes of at least 4 members (excludes halogenated alkanes) is 1. The molecule has 2 atom stereocenters. The van der Waals surface area contributed by atoms with Crippen LogP contribution in [0, 0.1) is 5.92 Å². The van der Waals surface area contributed by atoms with Crippen molar-refractivity contribution < 1.29 is 14.6 Å². The minimum Gasteiger partial charge on any atom is -0.396 e. The highest BCUT2D eigenvalue weighted by atomic mass is 16.6. The van der Waals surface area contributed by atoms with Crippen molar-refractivity contribution in [3.63, 3.8) is 0 Å². The van der Waals surface area contributed by atoms with E-state index in [1.165, 1.54) is 42.4 Å². The van der Waals surface area contributed by atoms with Gasteiger partial charge in [-0.25, -0.2) is 0 Å². The normalized spacial score (nSPS) is 21.2. The van der Waals surface area contributed by atoms with Gasteiger partial charge in [-0.05, 0) is 80.0 Å². The van der Waals surface area contributed by atoms with Gasteiger partial charge < -0.3 is 20.3 Å². The Bertz CT molecular complexity index is 544. The maximum Gasteiger partial charge on any atom is 0.104 e. The number of aryl methyl sites for hydroxylation is 1. The van der Waals surface area contributed by atoms with Crippen LogP contribution in [-0.2, 0) is 22.3 Å². The molecule has 2 aliphatic rings. The first-order valence-corrected chi connectivity index (χ1v) is 10.4. The minimum atomic E-state index is 0.280. The highest BCUT2D eigenvalue weighted by molar-refractivity contribution is 5.36. The van der Waals surface area contributed by atoms with Gasteiger partial charge in [0.1, 0.15) is 6.10 Å². The van der Waals surface area contributed by atoms with Crippen LogP contribution in [0.2, 0.25) is 0 Å². The van der Waals surface area contributed by atoms with Crippen LogP contribution < -0.4 is 5.73 Å². The quantitative estimate of drug-likeness (QED) is 0.594. The molecule has 0 bridgehead atoms. The summed E-state index contributed by atoms with van der Waals surface area (Å²) in [5.74, 6) is 1.22. The van der Waals surface area contributed by atoms with Crippen LogP contribution in [0.4, 0.5) is 0 Å². The number of nitrogens with two attached hydrogens (primary N) is 1. The van der Waals surface area contributed by atoms with Crippen molar-refractivity contribution >= 4 is 0 Å². The molecule has 1 aliphatic carbocycles. The van der Waals surface area contributed by atoms with Crippen LogP contribution in [0.5, 0.6) is 0 Å². The molecule has 0 unspecified atom stereocenters. The highest BCUT2D eigenvalue weighted by Crippen LogP contribution is 2.31. The Morgan fingerprint density at radius 2 is 2.08 bits per heavy atom. The topological polar surface area (TPSA) is 64.7 Å². The maximum absolute atomic E-state index is 8.98. The molecule has 0 aromatic heterocycles. The summed E-state index contributed by atoms with van der Waals surface area (Å²) in [6, 6.07) is 7.03. The molecule has 1 aliphatic heterocycles. The predicted octanol–water partition coefficient (Wildman–Crippen LogP) is 3.19. The molecule has 3 rings (SSSR count). The third kappa shape index (κ3) is 5.53. The van der Waals surface area contributed by atoms with E-state index in [0.717, 1.165) is 51.4 Å². The van der Waals surface area contributed by atoms with Gasteiger partial charge in [-0.1, -0.05) is 24.6 Å². The molecular formula is C22H35NO3. The van der Waals surface area contributed by atoms with E-state index in [0.29, 0.717) is 18.6 Å². The summed E-state index contributed by atoms with van der Waals surface area (Å²) < 4.78 is 10.9. The van der Waals surface area contributed by atoms with E-state index in [1.807, 2.05) is 0 Å². The fraction of sp³-hybridized carbons (Fsp3) is 0.727. The summed E-state index contributed by atoms with van der Waals surface area (Å²) in [6.07, 6.45) is 9.47. The van der Waals surface area contributed by atoms with Crippen molar-refractivity contribution in [3.05, 3.63) is 34.9 Å². The Hall–Kier alpha value is -0.940. The standard InChI is InChI=1S/C22H35NO3/c23-14-21(5-1-2-10-24)20-9-8-18-12-17(6-7-19(18)13-20)4-3-11-26-22-15-25-16-22/h8-9,13,17,21-22,24H,1-7,10-12,14-16,23H2/t17-,21+/m1/s1. The lowest BCUT2D eigenvalue weighted by Gasteiger charge is -2.28. The zero-order valence-corrected chi connectivity index (χ0v) is 16.0. The first kappa shape index (κ1) is 19.8. The van der Waals surface area contributed by atoms with Crippen molar-refractivity contribution in [3.8, 4) is 0 Å². The lowest BCUT2D eigenvalue weighted by Crippen LogP contribution is -2.36. The van der Waals surface area contributed by atoms with Gasteiger partial charge in [0.2, 0.25) is 0 Å². The fourth-order valence-corrected chi connectivity index (χ4v) is 4.21. The van der Waals surface area contributed by atoms with Gasteiger partial charge >= 0.3 is 0 Å². The highest BCUT2D eigenvalue weighted by Gasteiger charge is 2.21. The molecule has 1 aromatic carbocycles. The van der Waals surface area contributed by atoms with Crippen LogP contribution in [0.1, 0.15) is 61.1 Å². The Labute approximate surface area is 158 Å². The Morgan fingerprint density at radius 3 is 2.81 bits per heavy atom. The average Bonchev–Trinajstić information content (AvgIpc) is 2.63. The zero-order chi connectivity index (χ0) is 18.2. The largest absolute Gasteiger partial charge is 0.396 e. The summed E-state index contributed by atoms with van der Waals surface area (Å²) in [7, 11) is 0. The third-order valence-corrected chi connectivity index (χ3v) is 6.00. The molecule has 0 amide bonds. The number of rotatable bonds is 11. The van der Waals surface area contributed by atoms with Crippen molar-refractivity contribution in [1.29, 1.82) is 0 Å². The Balaban J connectivity index is 1.46. The van der Waals surface area contributed by atoms with Gasteiger partial charge in [-0.15, -0.1) is 0 Å². The number of hydrogen-bond acceptors (Lipinski definition) is 4. The molecule has 1 heterocycles. The van der Waals surface area contributed by atoms with Gasteiger partial charge in [0.25, 0.3) is 0 Å². The first-order chi connectivity index (χ1) is 12.8. The van der Waals surface area contributed by atoms with Crippen LogP contribution in [0.25, 0.3) is 0 Å². The molecule has 1 aromatic rings. The monoisotopic (exact) mass is 361 g/mol. The van der Waals surface area contributed by atoms with Crippen molar-refractivity contribution in [2.75, 3.05) is 33.0 Å².